The van der Waals surface area contributed by atoms with Crippen LogP contribution in [0, 0.1) is 6.92 Å². The van der Waals surface area contributed by atoms with Crippen LogP contribution in [0.4, 0.5) is 0 Å². The maximum Gasteiger partial charge on any atom is 0.0308 e. The smallest absolute Gasteiger partial charge is 0.0308 e. The minimum absolute atomic E-state index is 0.325. The van der Waals surface area contributed by atoms with Crippen LogP contribution in [0.25, 0.3) is 0 Å². The lowest BCUT2D eigenvalue weighted by Gasteiger charge is -2.26. The Labute approximate surface area is 92.1 Å². The van der Waals surface area contributed by atoms with Gasteiger partial charge in [-0.15, -0.1) is 0 Å². The highest BCUT2D eigenvalue weighted by Crippen LogP contribution is 2.41. The molecule has 1 aliphatic carbocycles. The fourth-order valence-corrected chi connectivity index (χ4v) is 2.83. The van der Waals surface area contributed by atoms with Crippen molar-refractivity contribution in [3.8, 4) is 0 Å². The molecule has 2 unspecified atom stereocenters. The fourth-order valence-electron chi connectivity index (χ4n) is 2.83. The van der Waals surface area contributed by atoms with Gasteiger partial charge in [0.05, 0.1) is 0 Å². The summed E-state index contributed by atoms with van der Waals surface area (Å²) >= 11 is 0. The van der Waals surface area contributed by atoms with Crippen molar-refractivity contribution in [1.29, 1.82) is 0 Å². The third-order valence-electron chi connectivity index (χ3n) is 3.84. The van der Waals surface area contributed by atoms with Crippen molar-refractivity contribution >= 4 is 0 Å². The predicted octanol–water partition coefficient (Wildman–Crippen LogP) is 2.42. The van der Waals surface area contributed by atoms with Gasteiger partial charge in [0.2, 0.25) is 0 Å². The van der Waals surface area contributed by atoms with Gasteiger partial charge in [-0.3, -0.25) is 4.98 Å². The van der Waals surface area contributed by atoms with Gasteiger partial charge in [-0.25, -0.2) is 0 Å². The van der Waals surface area contributed by atoms with Crippen LogP contribution < -0.4 is 5.32 Å². The molecule has 0 spiro atoms. The largest absolute Gasteiger partial charge is 0.317 e. The number of pyridine rings is 1. The first-order valence-corrected chi connectivity index (χ1v) is 5.74. The second-order valence-corrected chi connectivity index (χ2v) is 4.98. The lowest BCUT2D eigenvalue weighted by Crippen LogP contribution is -2.26. The van der Waals surface area contributed by atoms with Crippen LogP contribution in [-0.2, 0) is 5.41 Å². The number of aryl methyl sites for hydroxylation is 1. The SMILES string of the molecule is CNC1CCC(C)(c2cnccc2C)C1. The van der Waals surface area contributed by atoms with Gasteiger partial charge < -0.3 is 5.32 Å². The van der Waals surface area contributed by atoms with Gasteiger partial charge in [0.1, 0.15) is 0 Å². The molecule has 2 nitrogen and oxygen atoms in total. The molecule has 2 rings (SSSR count). The lowest BCUT2D eigenvalue weighted by molar-refractivity contribution is 0.463. The molecule has 0 amide bonds. The van der Waals surface area contributed by atoms with E-state index in [-0.39, 0.29) is 0 Å². The first-order valence-electron chi connectivity index (χ1n) is 5.74. The second kappa shape index (κ2) is 3.93. The Morgan fingerprint density at radius 2 is 2.33 bits per heavy atom. The molecule has 1 aromatic heterocycles. The summed E-state index contributed by atoms with van der Waals surface area (Å²) in [6.07, 6.45) is 7.71. The van der Waals surface area contributed by atoms with Crippen LogP contribution in [0.2, 0.25) is 0 Å². The van der Waals surface area contributed by atoms with Crippen molar-refractivity contribution in [1.82, 2.24) is 10.3 Å². The van der Waals surface area contributed by atoms with Crippen LogP contribution >= 0.6 is 0 Å². The minimum Gasteiger partial charge on any atom is -0.317 e. The molecule has 1 aliphatic rings. The highest BCUT2D eigenvalue weighted by molar-refractivity contribution is 5.31. The summed E-state index contributed by atoms with van der Waals surface area (Å²) in [7, 11) is 2.06. The molecule has 0 radical (unpaired) electrons. The topological polar surface area (TPSA) is 24.9 Å². The van der Waals surface area contributed by atoms with E-state index in [9.17, 15) is 0 Å². The van der Waals surface area contributed by atoms with Crippen LogP contribution in [-0.4, -0.2) is 18.1 Å². The third kappa shape index (κ3) is 1.91. The molecule has 1 aromatic rings. The summed E-state index contributed by atoms with van der Waals surface area (Å²) in [5, 5.41) is 3.39. The monoisotopic (exact) mass is 204 g/mol. The van der Waals surface area contributed by atoms with E-state index in [2.05, 4.69) is 37.3 Å². The van der Waals surface area contributed by atoms with Crippen LogP contribution in [0.5, 0.6) is 0 Å². The Kier molecular flexibility index (Phi) is 2.79. The summed E-state index contributed by atoms with van der Waals surface area (Å²) in [4.78, 5) is 4.27. The third-order valence-corrected chi connectivity index (χ3v) is 3.84. The van der Waals surface area contributed by atoms with Crippen molar-refractivity contribution in [2.45, 2.75) is 44.6 Å². The summed E-state index contributed by atoms with van der Waals surface area (Å²) in [5.74, 6) is 0. The molecule has 0 aromatic carbocycles. The van der Waals surface area contributed by atoms with Crippen molar-refractivity contribution < 1.29 is 0 Å². The van der Waals surface area contributed by atoms with E-state index < -0.39 is 0 Å². The first-order chi connectivity index (χ1) is 7.15. The Hall–Kier alpha value is -0.890. The maximum atomic E-state index is 4.27. The van der Waals surface area contributed by atoms with E-state index in [0.29, 0.717) is 11.5 Å². The summed E-state index contributed by atoms with van der Waals surface area (Å²) in [6, 6.07) is 2.79. The standard InChI is InChI=1S/C13H20N2/c1-10-5-7-15-9-12(10)13(2)6-4-11(8-13)14-3/h5,7,9,11,14H,4,6,8H2,1-3H3. The molecule has 1 N–H and O–H groups in total. The lowest BCUT2D eigenvalue weighted by atomic mass is 9.79. The Morgan fingerprint density at radius 3 is 2.93 bits per heavy atom. The molecule has 1 saturated carbocycles. The quantitative estimate of drug-likeness (QED) is 0.800. The van der Waals surface area contributed by atoms with Gasteiger partial charge in [-0.05, 0) is 55.8 Å². The highest BCUT2D eigenvalue weighted by Gasteiger charge is 2.36. The van der Waals surface area contributed by atoms with Gasteiger partial charge in [-0.2, -0.15) is 0 Å². The molecule has 0 aliphatic heterocycles. The van der Waals surface area contributed by atoms with Crippen molar-refractivity contribution in [2.75, 3.05) is 7.05 Å². The van der Waals surface area contributed by atoms with E-state index in [1.165, 1.54) is 30.4 Å². The molecule has 1 heterocycles. The van der Waals surface area contributed by atoms with Gasteiger partial charge in [0.25, 0.3) is 0 Å². The van der Waals surface area contributed by atoms with Crippen LogP contribution in [0.3, 0.4) is 0 Å². The van der Waals surface area contributed by atoms with Crippen LogP contribution in [0.1, 0.15) is 37.3 Å². The fraction of sp³-hybridized carbons (Fsp3) is 0.615. The molecule has 2 heteroatoms. The number of rotatable bonds is 2. The molecule has 15 heavy (non-hydrogen) atoms. The normalized spacial score (nSPS) is 30.7. The van der Waals surface area contributed by atoms with Gasteiger partial charge in [0.15, 0.2) is 0 Å². The first kappa shape index (κ1) is 10.6. The van der Waals surface area contributed by atoms with Gasteiger partial charge in [-0.1, -0.05) is 6.92 Å². The number of hydrogen-bond donors (Lipinski definition) is 1. The average Bonchev–Trinajstić information content (AvgIpc) is 2.62. The van der Waals surface area contributed by atoms with E-state index in [1.54, 1.807) is 0 Å². The van der Waals surface area contributed by atoms with Crippen molar-refractivity contribution in [3.63, 3.8) is 0 Å². The molecular weight excluding hydrogens is 184 g/mol. The minimum atomic E-state index is 0.325. The number of nitrogens with zero attached hydrogens (tertiary/aromatic N) is 1. The second-order valence-electron chi connectivity index (χ2n) is 4.98. The van der Waals surface area contributed by atoms with E-state index in [1.807, 2.05) is 12.4 Å². The zero-order valence-corrected chi connectivity index (χ0v) is 9.88. The Morgan fingerprint density at radius 1 is 1.53 bits per heavy atom. The number of hydrogen-bond acceptors (Lipinski definition) is 2. The Balaban J connectivity index is 2.27. The molecule has 0 bridgehead atoms. The van der Waals surface area contributed by atoms with E-state index in [4.69, 9.17) is 0 Å². The summed E-state index contributed by atoms with van der Waals surface area (Å²) in [6.45, 7) is 4.56. The van der Waals surface area contributed by atoms with E-state index in [0.717, 1.165) is 0 Å². The van der Waals surface area contributed by atoms with Gasteiger partial charge >= 0.3 is 0 Å². The highest BCUT2D eigenvalue weighted by atomic mass is 14.9. The maximum absolute atomic E-state index is 4.27. The van der Waals surface area contributed by atoms with E-state index >= 15 is 0 Å². The van der Waals surface area contributed by atoms with Crippen molar-refractivity contribution in [3.05, 3.63) is 29.6 Å². The molecule has 2 atom stereocenters. The number of nitrogens with one attached hydrogen (secondary N) is 1. The predicted molar refractivity (Wildman–Crippen MR) is 63.0 cm³/mol. The molecule has 0 saturated heterocycles. The molecule has 1 fully saturated rings. The molecular formula is C13H20N2. The summed E-state index contributed by atoms with van der Waals surface area (Å²) < 4.78 is 0. The van der Waals surface area contributed by atoms with Crippen LogP contribution in [0.15, 0.2) is 18.5 Å². The average molecular weight is 204 g/mol. The zero-order valence-electron chi connectivity index (χ0n) is 9.88. The van der Waals surface area contributed by atoms with Crippen molar-refractivity contribution in [2.24, 2.45) is 0 Å². The number of aromatic nitrogens is 1. The molecule has 82 valence electrons. The zero-order chi connectivity index (χ0) is 10.9. The summed E-state index contributed by atoms with van der Waals surface area (Å²) in [5.41, 5.74) is 3.14. The van der Waals surface area contributed by atoms with Gasteiger partial charge in [0, 0.05) is 18.4 Å². The Bertz CT molecular complexity index is 348.